The fraction of sp³-hybridized carbons (Fsp3) is 0.231. The standard InChI is InChI=1S/C13H11ClN2O/c1-8-5-9-6-13(17-2)10(14)7-12(9)16-11(8)3-4-15/h5-7H,3H2,1-2H3. The largest absolute Gasteiger partial charge is 0.495 e. The summed E-state index contributed by atoms with van der Waals surface area (Å²) in [5.74, 6) is 0.633. The fourth-order valence-electron chi connectivity index (χ4n) is 1.73. The Labute approximate surface area is 105 Å². The van der Waals surface area contributed by atoms with Crippen molar-refractivity contribution >= 4 is 22.5 Å². The van der Waals surface area contributed by atoms with Crippen molar-refractivity contribution in [2.24, 2.45) is 0 Å². The number of pyridine rings is 1. The van der Waals surface area contributed by atoms with Gasteiger partial charge >= 0.3 is 0 Å². The van der Waals surface area contributed by atoms with Gasteiger partial charge in [-0.1, -0.05) is 11.6 Å². The van der Waals surface area contributed by atoms with Crippen molar-refractivity contribution in [2.75, 3.05) is 7.11 Å². The molecule has 0 aliphatic heterocycles. The normalized spacial score (nSPS) is 10.2. The molecule has 4 heteroatoms. The molecule has 2 rings (SSSR count). The SMILES string of the molecule is COc1cc2cc(C)c(CC#N)nc2cc1Cl. The van der Waals surface area contributed by atoms with Crippen LogP contribution in [0, 0.1) is 18.3 Å². The third-order valence-corrected chi connectivity index (χ3v) is 2.93. The van der Waals surface area contributed by atoms with Crippen molar-refractivity contribution < 1.29 is 4.74 Å². The van der Waals surface area contributed by atoms with Crippen LogP contribution >= 0.6 is 11.6 Å². The molecule has 17 heavy (non-hydrogen) atoms. The Morgan fingerprint density at radius 1 is 1.41 bits per heavy atom. The summed E-state index contributed by atoms with van der Waals surface area (Å²) < 4.78 is 5.16. The van der Waals surface area contributed by atoms with Gasteiger partial charge in [-0.3, -0.25) is 4.98 Å². The molecule has 0 aliphatic rings. The first-order chi connectivity index (χ1) is 8.15. The second-order valence-electron chi connectivity index (χ2n) is 3.77. The number of methoxy groups -OCH3 is 1. The van der Waals surface area contributed by atoms with Crippen LogP contribution in [0.5, 0.6) is 5.75 Å². The van der Waals surface area contributed by atoms with Gasteiger partial charge in [-0.15, -0.1) is 0 Å². The second-order valence-corrected chi connectivity index (χ2v) is 4.17. The van der Waals surface area contributed by atoms with Crippen LogP contribution in [0.15, 0.2) is 18.2 Å². The number of aromatic nitrogens is 1. The van der Waals surface area contributed by atoms with E-state index in [0.717, 1.165) is 22.2 Å². The average Bonchev–Trinajstić information content (AvgIpc) is 2.30. The lowest BCUT2D eigenvalue weighted by Crippen LogP contribution is -1.94. The summed E-state index contributed by atoms with van der Waals surface area (Å²) in [7, 11) is 1.58. The van der Waals surface area contributed by atoms with E-state index in [2.05, 4.69) is 11.1 Å². The number of hydrogen-bond donors (Lipinski definition) is 0. The lowest BCUT2D eigenvalue weighted by molar-refractivity contribution is 0.415. The summed E-state index contributed by atoms with van der Waals surface area (Å²) in [5.41, 5.74) is 2.58. The first-order valence-electron chi connectivity index (χ1n) is 5.16. The van der Waals surface area contributed by atoms with Crippen LogP contribution in [-0.4, -0.2) is 12.1 Å². The van der Waals surface area contributed by atoms with Gasteiger partial charge in [-0.05, 0) is 30.7 Å². The van der Waals surface area contributed by atoms with Gasteiger partial charge in [0.05, 0.1) is 35.8 Å². The topological polar surface area (TPSA) is 45.9 Å². The Morgan fingerprint density at radius 3 is 2.82 bits per heavy atom. The quantitative estimate of drug-likeness (QED) is 0.817. The number of ether oxygens (including phenoxy) is 1. The number of nitrogens with zero attached hydrogens (tertiary/aromatic N) is 2. The molecular formula is C13H11ClN2O. The van der Waals surface area contributed by atoms with Crippen LogP contribution in [0.4, 0.5) is 0 Å². The first kappa shape index (κ1) is 11.7. The minimum atomic E-state index is 0.311. The molecule has 0 N–H and O–H groups in total. The van der Waals surface area contributed by atoms with E-state index in [1.165, 1.54) is 0 Å². The van der Waals surface area contributed by atoms with Gasteiger partial charge in [0.25, 0.3) is 0 Å². The molecule has 86 valence electrons. The summed E-state index contributed by atoms with van der Waals surface area (Å²) in [6, 6.07) is 7.72. The molecule has 0 atom stereocenters. The number of nitriles is 1. The number of fused-ring (bicyclic) bond motifs is 1. The molecule has 1 aromatic carbocycles. The Kier molecular flexibility index (Phi) is 3.16. The van der Waals surface area contributed by atoms with Crippen molar-refractivity contribution in [3.63, 3.8) is 0 Å². The zero-order valence-corrected chi connectivity index (χ0v) is 10.4. The maximum absolute atomic E-state index is 8.72. The van der Waals surface area contributed by atoms with E-state index in [9.17, 15) is 0 Å². The summed E-state index contributed by atoms with van der Waals surface area (Å²) in [4.78, 5) is 4.44. The Morgan fingerprint density at radius 2 is 2.18 bits per heavy atom. The molecule has 2 aromatic rings. The molecule has 0 bridgehead atoms. The van der Waals surface area contributed by atoms with Crippen molar-refractivity contribution in [1.82, 2.24) is 4.98 Å². The second kappa shape index (κ2) is 4.60. The van der Waals surface area contributed by atoms with Crippen LogP contribution in [-0.2, 0) is 6.42 Å². The molecule has 0 spiro atoms. The summed E-state index contributed by atoms with van der Waals surface area (Å²) in [6.07, 6.45) is 0.311. The molecule has 1 heterocycles. The van der Waals surface area contributed by atoms with Gasteiger partial charge in [0, 0.05) is 5.39 Å². The van der Waals surface area contributed by atoms with E-state index in [-0.39, 0.29) is 0 Å². The minimum absolute atomic E-state index is 0.311. The highest BCUT2D eigenvalue weighted by Gasteiger charge is 2.07. The van der Waals surface area contributed by atoms with Gasteiger partial charge in [-0.2, -0.15) is 5.26 Å². The number of halogens is 1. The average molecular weight is 247 g/mol. The summed E-state index contributed by atoms with van der Waals surface area (Å²) in [6.45, 7) is 1.94. The van der Waals surface area contributed by atoms with Crippen LogP contribution in [0.25, 0.3) is 10.9 Å². The highest BCUT2D eigenvalue weighted by molar-refractivity contribution is 6.32. The highest BCUT2D eigenvalue weighted by atomic mass is 35.5. The van der Waals surface area contributed by atoms with E-state index < -0.39 is 0 Å². The zero-order chi connectivity index (χ0) is 12.4. The van der Waals surface area contributed by atoms with Crippen LogP contribution < -0.4 is 4.74 Å². The predicted molar refractivity (Wildman–Crippen MR) is 67.4 cm³/mol. The molecule has 1 aromatic heterocycles. The van der Waals surface area contributed by atoms with Crippen molar-refractivity contribution in [3.05, 3.63) is 34.5 Å². The van der Waals surface area contributed by atoms with Gasteiger partial charge in [0.1, 0.15) is 5.75 Å². The minimum Gasteiger partial charge on any atom is -0.495 e. The number of aryl methyl sites for hydroxylation is 1. The van der Waals surface area contributed by atoms with Crippen LogP contribution in [0.2, 0.25) is 5.02 Å². The van der Waals surface area contributed by atoms with E-state index in [1.807, 2.05) is 19.1 Å². The van der Waals surface area contributed by atoms with E-state index >= 15 is 0 Å². The molecule has 0 amide bonds. The molecule has 0 unspecified atom stereocenters. The van der Waals surface area contributed by atoms with E-state index in [4.69, 9.17) is 21.6 Å². The maximum Gasteiger partial charge on any atom is 0.138 e. The molecule has 0 fully saturated rings. The van der Waals surface area contributed by atoms with Crippen molar-refractivity contribution in [1.29, 1.82) is 5.26 Å². The monoisotopic (exact) mass is 246 g/mol. The van der Waals surface area contributed by atoms with Gasteiger partial charge in [-0.25, -0.2) is 0 Å². The zero-order valence-electron chi connectivity index (χ0n) is 9.62. The molecular weight excluding hydrogens is 236 g/mol. The Hall–Kier alpha value is -1.79. The third kappa shape index (κ3) is 2.17. The van der Waals surface area contributed by atoms with Gasteiger partial charge < -0.3 is 4.74 Å². The molecule has 0 saturated heterocycles. The smallest absolute Gasteiger partial charge is 0.138 e. The van der Waals surface area contributed by atoms with Crippen molar-refractivity contribution in [3.8, 4) is 11.8 Å². The van der Waals surface area contributed by atoms with Gasteiger partial charge in [0.15, 0.2) is 0 Å². The predicted octanol–water partition coefficient (Wildman–Crippen LogP) is 3.27. The molecule has 0 aliphatic carbocycles. The first-order valence-corrected chi connectivity index (χ1v) is 5.54. The lowest BCUT2D eigenvalue weighted by Gasteiger charge is -2.08. The lowest BCUT2D eigenvalue weighted by atomic mass is 10.1. The fourth-order valence-corrected chi connectivity index (χ4v) is 1.97. The Balaban J connectivity index is 2.67. The molecule has 3 nitrogen and oxygen atoms in total. The molecule has 0 radical (unpaired) electrons. The van der Waals surface area contributed by atoms with Crippen LogP contribution in [0.3, 0.4) is 0 Å². The number of benzene rings is 1. The van der Waals surface area contributed by atoms with E-state index in [0.29, 0.717) is 17.2 Å². The number of rotatable bonds is 2. The molecule has 0 saturated carbocycles. The third-order valence-electron chi connectivity index (χ3n) is 2.63. The van der Waals surface area contributed by atoms with Gasteiger partial charge in [0.2, 0.25) is 0 Å². The van der Waals surface area contributed by atoms with Crippen LogP contribution in [0.1, 0.15) is 11.3 Å². The Bertz CT molecular complexity index is 617. The highest BCUT2D eigenvalue weighted by Crippen LogP contribution is 2.29. The summed E-state index contributed by atoms with van der Waals surface area (Å²) in [5, 5.41) is 10.2. The maximum atomic E-state index is 8.72. The number of hydrogen-bond acceptors (Lipinski definition) is 3. The van der Waals surface area contributed by atoms with E-state index in [1.54, 1.807) is 13.2 Å². The van der Waals surface area contributed by atoms with Crippen molar-refractivity contribution in [2.45, 2.75) is 13.3 Å². The summed E-state index contributed by atoms with van der Waals surface area (Å²) >= 11 is 6.04.